The predicted octanol–water partition coefficient (Wildman–Crippen LogP) is 5.72. The van der Waals surface area contributed by atoms with E-state index in [1.807, 2.05) is 42.2 Å². The number of urea groups is 1. The van der Waals surface area contributed by atoms with Gasteiger partial charge in [0.15, 0.2) is 0 Å². The highest BCUT2D eigenvalue weighted by atomic mass is 16.5. The third kappa shape index (κ3) is 6.20. The van der Waals surface area contributed by atoms with Crippen molar-refractivity contribution in [1.29, 1.82) is 0 Å². The molecule has 1 aliphatic heterocycles. The molecule has 1 N–H and O–H groups in total. The van der Waals surface area contributed by atoms with Gasteiger partial charge in [0.1, 0.15) is 5.75 Å². The van der Waals surface area contributed by atoms with Crippen LogP contribution in [0.5, 0.6) is 5.75 Å². The molecule has 5 nitrogen and oxygen atoms in total. The summed E-state index contributed by atoms with van der Waals surface area (Å²) in [6, 6.07) is 22.3. The molecule has 0 atom stereocenters. The van der Waals surface area contributed by atoms with E-state index in [9.17, 15) is 4.79 Å². The Morgan fingerprint density at radius 3 is 2.62 bits per heavy atom. The fourth-order valence-corrected chi connectivity index (χ4v) is 3.75. The Hall–Kier alpha value is -3.60. The number of hydrogen-bond acceptors (Lipinski definition) is 3. The zero-order valence-corrected chi connectivity index (χ0v) is 18.5. The van der Waals surface area contributed by atoms with Crippen LogP contribution in [-0.2, 0) is 6.42 Å². The van der Waals surface area contributed by atoms with Crippen molar-refractivity contribution in [1.82, 2.24) is 9.88 Å². The van der Waals surface area contributed by atoms with Gasteiger partial charge in [0.25, 0.3) is 0 Å². The Morgan fingerprint density at radius 2 is 1.88 bits per heavy atom. The maximum Gasteiger partial charge on any atom is 0.321 e. The number of piperidine rings is 1. The normalized spacial score (nSPS) is 13.5. The second-order valence-corrected chi connectivity index (χ2v) is 8.06. The molecule has 1 aliphatic rings. The van der Waals surface area contributed by atoms with Crippen LogP contribution in [0, 0.1) is 6.92 Å². The average Bonchev–Trinajstić information content (AvgIpc) is 2.82. The molecule has 0 unspecified atom stereocenters. The minimum absolute atomic E-state index is 0.0662. The molecule has 164 valence electrons. The molecule has 1 aromatic heterocycles. The predicted molar refractivity (Wildman–Crippen MR) is 129 cm³/mol. The topological polar surface area (TPSA) is 54.5 Å². The van der Waals surface area contributed by atoms with E-state index < -0.39 is 0 Å². The van der Waals surface area contributed by atoms with Gasteiger partial charge in [-0.3, -0.25) is 4.98 Å². The second kappa shape index (κ2) is 10.6. The summed E-state index contributed by atoms with van der Waals surface area (Å²) in [5.74, 6) is 0.888. The molecule has 1 saturated heterocycles. The lowest BCUT2D eigenvalue weighted by molar-refractivity contribution is 0.208. The number of rotatable bonds is 6. The van der Waals surface area contributed by atoms with Crippen LogP contribution in [0.15, 0.2) is 78.5 Å². The van der Waals surface area contributed by atoms with E-state index in [4.69, 9.17) is 4.74 Å². The van der Waals surface area contributed by atoms with E-state index in [0.717, 1.165) is 42.0 Å². The molecule has 2 heterocycles. The quantitative estimate of drug-likeness (QED) is 0.547. The first-order valence-corrected chi connectivity index (χ1v) is 11.1. The van der Waals surface area contributed by atoms with E-state index in [2.05, 4.69) is 52.8 Å². The average molecular weight is 428 g/mol. The summed E-state index contributed by atoms with van der Waals surface area (Å²) in [5.41, 5.74) is 5.43. The SMILES string of the molecule is Cc1ccc(NC(=O)N2CCC(=Cc3cccc(OCCc4ccccc4)c3)CC2)cn1. The Balaban J connectivity index is 1.27. The molecule has 0 radical (unpaired) electrons. The number of benzene rings is 2. The Morgan fingerprint density at radius 1 is 1.06 bits per heavy atom. The van der Waals surface area contributed by atoms with Crippen LogP contribution in [0.25, 0.3) is 6.08 Å². The highest BCUT2D eigenvalue weighted by Gasteiger charge is 2.19. The summed E-state index contributed by atoms with van der Waals surface area (Å²) in [7, 11) is 0. The number of hydrogen-bond donors (Lipinski definition) is 1. The molecule has 0 aliphatic carbocycles. The molecule has 0 saturated carbocycles. The Bertz CT molecular complexity index is 1050. The number of aryl methyl sites for hydroxylation is 1. The zero-order valence-electron chi connectivity index (χ0n) is 18.5. The fourth-order valence-electron chi connectivity index (χ4n) is 3.75. The van der Waals surface area contributed by atoms with Crippen LogP contribution in [0.4, 0.5) is 10.5 Å². The maximum absolute atomic E-state index is 12.5. The van der Waals surface area contributed by atoms with E-state index in [-0.39, 0.29) is 6.03 Å². The first-order chi connectivity index (χ1) is 15.7. The first-order valence-electron chi connectivity index (χ1n) is 11.1. The summed E-state index contributed by atoms with van der Waals surface area (Å²) in [6.07, 6.45) is 6.56. The minimum Gasteiger partial charge on any atom is -0.493 e. The Kier molecular flexibility index (Phi) is 7.18. The number of nitrogens with one attached hydrogen (secondary N) is 1. The lowest BCUT2D eigenvalue weighted by Gasteiger charge is -2.28. The van der Waals surface area contributed by atoms with Gasteiger partial charge in [-0.15, -0.1) is 0 Å². The molecule has 3 aromatic rings. The van der Waals surface area contributed by atoms with E-state index in [1.54, 1.807) is 6.20 Å². The number of pyridine rings is 1. The van der Waals surface area contributed by atoms with Gasteiger partial charge in [0.2, 0.25) is 0 Å². The van der Waals surface area contributed by atoms with E-state index in [0.29, 0.717) is 19.7 Å². The molecule has 1 fully saturated rings. The van der Waals surface area contributed by atoms with Gasteiger partial charge in [-0.05, 0) is 55.2 Å². The lowest BCUT2D eigenvalue weighted by atomic mass is 10.0. The van der Waals surface area contributed by atoms with Crippen molar-refractivity contribution in [2.24, 2.45) is 0 Å². The monoisotopic (exact) mass is 427 g/mol. The molecule has 2 aromatic carbocycles. The number of aromatic nitrogens is 1. The number of nitrogens with zero attached hydrogens (tertiary/aromatic N) is 2. The summed E-state index contributed by atoms with van der Waals surface area (Å²) in [6.45, 7) is 4.01. The van der Waals surface area contributed by atoms with Crippen LogP contribution in [0.3, 0.4) is 0 Å². The van der Waals surface area contributed by atoms with Crippen LogP contribution in [0.2, 0.25) is 0 Å². The van der Waals surface area contributed by atoms with Gasteiger partial charge in [0, 0.05) is 25.2 Å². The summed E-state index contributed by atoms with van der Waals surface area (Å²) in [4.78, 5) is 18.6. The third-order valence-corrected chi connectivity index (χ3v) is 5.59. The molecule has 0 bridgehead atoms. The number of carbonyl (C=O) groups excluding carboxylic acids is 1. The van der Waals surface area contributed by atoms with Crippen molar-refractivity contribution in [3.8, 4) is 5.75 Å². The van der Waals surface area contributed by atoms with Gasteiger partial charge >= 0.3 is 6.03 Å². The second-order valence-electron chi connectivity index (χ2n) is 8.06. The highest BCUT2D eigenvalue weighted by molar-refractivity contribution is 5.89. The number of carbonyl (C=O) groups is 1. The summed E-state index contributed by atoms with van der Waals surface area (Å²) >= 11 is 0. The molecule has 32 heavy (non-hydrogen) atoms. The molecular formula is C27H29N3O2. The largest absolute Gasteiger partial charge is 0.493 e. The number of amides is 2. The van der Waals surface area contributed by atoms with Crippen LogP contribution in [0.1, 0.15) is 29.7 Å². The fraction of sp³-hybridized carbons (Fsp3) is 0.259. The van der Waals surface area contributed by atoms with Crippen LogP contribution in [-0.4, -0.2) is 35.6 Å². The molecule has 4 rings (SSSR count). The van der Waals surface area contributed by atoms with Crippen molar-refractivity contribution < 1.29 is 9.53 Å². The van der Waals surface area contributed by atoms with Gasteiger partial charge in [0.05, 0.1) is 18.5 Å². The molecule has 5 heteroatoms. The standard InChI is InChI=1S/C27H29N3O2/c1-21-10-11-25(20-28-21)29-27(31)30-15-12-23(13-16-30)18-24-8-5-9-26(19-24)32-17-14-22-6-3-2-4-7-22/h2-11,18-20H,12-17H2,1H3,(H,29,31). The highest BCUT2D eigenvalue weighted by Crippen LogP contribution is 2.22. The third-order valence-electron chi connectivity index (χ3n) is 5.59. The number of likely N-dealkylation sites (tertiary alicyclic amines) is 1. The van der Waals surface area contributed by atoms with Crippen molar-refractivity contribution in [3.05, 3.63) is 95.3 Å². The molecular weight excluding hydrogens is 398 g/mol. The zero-order chi connectivity index (χ0) is 22.2. The van der Waals surface area contributed by atoms with Crippen molar-refractivity contribution in [3.63, 3.8) is 0 Å². The van der Waals surface area contributed by atoms with Gasteiger partial charge in [-0.25, -0.2) is 4.79 Å². The van der Waals surface area contributed by atoms with Gasteiger partial charge in [-0.2, -0.15) is 0 Å². The maximum atomic E-state index is 12.5. The summed E-state index contributed by atoms with van der Waals surface area (Å²) in [5, 5.41) is 2.93. The molecule has 2 amide bonds. The Labute approximate surface area is 189 Å². The smallest absolute Gasteiger partial charge is 0.321 e. The van der Waals surface area contributed by atoms with Gasteiger partial charge in [-0.1, -0.05) is 54.1 Å². The van der Waals surface area contributed by atoms with Crippen LogP contribution >= 0.6 is 0 Å². The van der Waals surface area contributed by atoms with Gasteiger partial charge < -0.3 is 15.0 Å². The molecule has 0 spiro atoms. The summed E-state index contributed by atoms with van der Waals surface area (Å²) < 4.78 is 5.96. The first kappa shape index (κ1) is 21.6. The number of anilines is 1. The van der Waals surface area contributed by atoms with Crippen molar-refractivity contribution in [2.45, 2.75) is 26.2 Å². The van der Waals surface area contributed by atoms with E-state index >= 15 is 0 Å². The lowest BCUT2D eigenvalue weighted by Crippen LogP contribution is -2.39. The number of ether oxygens (including phenoxy) is 1. The van der Waals surface area contributed by atoms with Crippen molar-refractivity contribution >= 4 is 17.8 Å². The van der Waals surface area contributed by atoms with E-state index in [1.165, 1.54) is 11.1 Å². The van der Waals surface area contributed by atoms with Crippen LogP contribution < -0.4 is 10.1 Å². The minimum atomic E-state index is -0.0662. The van der Waals surface area contributed by atoms with Crippen molar-refractivity contribution in [2.75, 3.05) is 25.0 Å².